The molecule has 1 aliphatic heterocycles. The number of hydrogen-bond donors (Lipinski definition) is 0. The maximum atomic E-state index is 14.5. The SMILES string of the molecule is COc1cccc(F)c1C1CC(Cl)CN1Cc1cccc(OC(F)(F)F)c1. The van der Waals surface area contributed by atoms with Crippen molar-refractivity contribution in [2.45, 2.75) is 30.7 Å². The molecule has 2 atom stereocenters. The highest BCUT2D eigenvalue weighted by atomic mass is 35.5. The van der Waals surface area contributed by atoms with E-state index >= 15 is 0 Å². The first-order valence-corrected chi connectivity index (χ1v) is 8.75. The van der Waals surface area contributed by atoms with Gasteiger partial charge in [0, 0.05) is 30.1 Å². The normalized spacial score (nSPS) is 20.7. The number of alkyl halides is 4. The lowest BCUT2D eigenvalue weighted by Crippen LogP contribution is -2.25. The summed E-state index contributed by atoms with van der Waals surface area (Å²) in [6.07, 6.45) is -4.24. The van der Waals surface area contributed by atoms with Crippen LogP contribution in [0.5, 0.6) is 11.5 Å². The quantitative estimate of drug-likeness (QED) is 0.500. The second-order valence-corrected chi connectivity index (χ2v) is 6.95. The molecule has 0 amide bonds. The molecule has 2 unspecified atom stereocenters. The van der Waals surface area contributed by atoms with Crippen molar-refractivity contribution in [1.29, 1.82) is 0 Å². The van der Waals surface area contributed by atoms with Crippen LogP contribution in [0, 0.1) is 5.82 Å². The summed E-state index contributed by atoms with van der Waals surface area (Å²) >= 11 is 6.31. The molecule has 3 nitrogen and oxygen atoms in total. The topological polar surface area (TPSA) is 21.7 Å². The van der Waals surface area contributed by atoms with Gasteiger partial charge in [0.05, 0.1) is 7.11 Å². The van der Waals surface area contributed by atoms with Crippen LogP contribution >= 0.6 is 11.6 Å². The van der Waals surface area contributed by atoms with E-state index < -0.39 is 12.2 Å². The highest BCUT2D eigenvalue weighted by Gasteiger charge is 2.36. The van der Waals surface area contributed by atoms with Gasteiger partial charge in [-0.3, -0.25) is 4.90 Å². The summed E-state index contributed by atoms with van der Waals surface area (Å²) in [5.74, 6) is -0.268. The monoisotopic (exact) mass is 403 g/mol. The van der Waals surface area contributed by atoms with Crippen LogP contribution < -0.4 is 9.47 Å². The Bertz CT molecular complexity index is 800. The minimum Gasteiger partial charge on any atom is -0.496 e. The molecule has 0 N–H and O–H groups in total. The largest absolute Gasteiger partial charge is 0.573 e. The maximum absolute atomic E-state index is 14.5. The second kappa shape index (κ2) is 7.94. The van der Waals surface area contributed by atoms with Gasteiger partial charge in [0.2, 0.25) is 0 Å². The Morgan fingerprint density at radius 1 is 1.19 bits per heavy atom. The Labute approximate surface area is 159 Å². The van der Waals surface area contributed by atoms with Gasteiger partial charge in [-0.05, 0) is 36.2 Å². The van der Waals surface area contributed by atoms with Gasteiger partial charge in [-0.2, -0.15) is 0 Å². The van der Waals surface area contributed by atoms with E-state index in [1.54, 1.807) is 18.2 Å². The first-order valence-electron chi connectivity index (χ1n) is 8.32. The molecule has 8 heteroatoms. The highest BCUT2D eigenvalue weighted by molar-refractivity contribution is 6.21. The van der Waals surface area contributed by atoms with Crippen molar-refractivity contribution in [2.75, 3.05) is 13.7 Å². The minimum absolute atomic E-state index is 0.200. The molecule has 1 aliphatic rings. The lowest BCUT2D eigenvalue weighted by Gasteiger charge is -2.26. The van der Waals surface area contributed by atoms with Gasteiger partial charge >= 0.3 is 6.36 Å². The fourth-order valence-electron chi connectivity index (χ4n) is 3.42. The molecular formula is C19H18ClF4NO2. The lowest BCUT2D eigenvalue weighted by molar-refractivity contribution is -0.274. The number of nitrogens with zero attached hydrogens (tertiary/aromatic N) is 1. The molecule has 0 aromatic heterocycles. The molecule has 146 valence electrons. The summed E-state index contributed by atoms with van der Waals surface area (Å²) < 4.78 is 61.0. The molecule has 0 radical (unpaired) electrons. The molecule has 0 aliphatic carbocycles. The Balaban J connectivity index is 1.85. The van der Waals surface area contributed by atoms with Crippen LogP contribution in [0.3, 0.4) is 0 Å². The van der Waals surface area contributed by atoms with E-state index in [2.05, 4.69) is 4.74 Å². The first kappa shape index (κ1) is 19.8. The van der Waals surface area contributed by atoms with Crippen LogP contribution in [0.1, 0.15) is 23.6 Å². The van der Waals surface area contributed by atoms with Gasteiger partial charge in [-0.1, -0.05) is 18.2 Å². The van der Waals surface area contributed by atoms with E-state index in [0.29, 0.717) is 36.4 Å². The third-order valence-electron chi connectivity index (χ3n) is 4.44. The zero-order valence-corrected chi connectivity index (χ0v) is 15.2. The number of rotatable bonds is 5. The van der Waals surface area contributed by atoms with Gasteiger partial charge < -0.3 is 9.47 Å². The zero-order chi connectivity index (χ0) is 19.6. The fraction of sp³-hybridized carbons (Fsp3) is 0.368. The van der Waals surface area contributed by atoms with Crippen LogP contribution in [-0.4, -0.2) is 30.3 Å². The van der Waals surface area contributed by atoms with E-state index in [0.717, 1.165) is 0 Å². The smallest absolute Gasteiger partial charge is 0.496 e. The van der Waals surface area contributed by atoms with Crippen LogP contribution in [0.25, 0.3) is 0 Å². The second-order valence-electron chi connectivity index (χ2n) is 6.33. The lowest BCUT2D eigenvalue weighted by atomic mass is 10.0. The van der Waals surface area contributed by atoms with Gasteiger partial charge in [0.25, 0.3) is 0 Å². The zero-order valence-electron chi connectivity index (χ0n) is 14.5. The summed E-state index contributed by atoms with van der Waals surface area (Å²) in [6, 6.07) is 10.0. The van der Waals surface area contributed by atoms with Crippen LogP contribution in [0.2, 0.25) is 0 Å². The summed E-state index contributed by atoms with van der Waals surface area (Å²) in [6.45, 7) is 0.786. The molecule has 0 spiro atoms. The average Bonchev–Trinajstić information content (AvgIpc) is 2.93. The third kappa shape index (κ3) is 4.84. The van der Waals surface area contributed by atoms with E-state index in [1.165, 1.54) is 31.4 Å². The van der Waals surface area contributed by atoms with Crippen molar-refractivity contribution in [3.05, 3.63) is 59.4 Å². The van der Waals surface area contributed by atoms with Crippen molar-refractivity contribution in [3.8, 4) is 11.5 Å². The van der Waals surface area contributed by atoms with Crippen LogP contribution in [0.4, 0.5) is 17.6 Å². The molecule has 1 fully saturated rings. The Kier molecular flexibility index (Phi) is 5.81. The van der Waals surface area contributed by atoms with Crippen molar-refractivity contribution in [1.82, 2.24) is 4.90 Å². The summed E-state index contributed by atoms with van der Waals surface area (Å²) in [5.41, 5.74) is 1.02. The summed E-state index contributed by atoms with van der Waals surface area (Å²) in [7, 11) is 1.47. The van der Waals surface area contributed by atoms with Gasteiger partial charge in [0.15, 0.2) is 0 Å². The third-order valence-corrected chi connectivity index (χ3v) is 4.75. The molecule has 1 saturated heterocycles. The molecule has 2 aromatic carbocycles. The van der Waals surface area contributed by atoms with Gasteiger partial charge in [-0.15, -0.1) is 24.8 Å². The molecule has 1 heterocycles. The van der Waals surface area contributed by atoms with Crippen LogP contribution in [0.15, 0.2) is 42.5 Å². The van der Waals surface area contributed by atoms with E-state index in [1.807, 2.05) is 4.90 Å². The van der Waals surface area contributed by atoms with Crippen molar-refractivity contribution in [2.24, 2.45) is 0 Å². The average molecular weight is 404 g/mol. The molecule has 0 saturated carbocycles. The summed E-state index contributed by atoms with van der Waals surface area (Å²) in [5, 5.41) is -0.200. The number of halogens is 5. The summed E-state index contributed by atoms with van der Waals surface area (Å²) in [4.78, 5) is 1.94. The molecule has 0 bridgehead atoms. The standard InChI is InChI=1S/C19H18ClF4NO2/c1-26-17-7-3-6-15(21)18(17)16-9-13(20)11-25(16)10-12-4-2-5-14(8-12)27-19(22,23)24/h2-8,13,16H,9-11H2,1H3. The van der Waals surface area contributed by atoms with Gasteiger partial charge in [-0.25, -0.2) is 4.39 Å². The predicted octanol–water partition coefficient (Wildman–Crippen LogP) is 5.29. The number of methoxy groups -OCH3 is 1. The Morgan fingerprint density at radius 2 is 1.93 bits per heavy atom. The number of ether oxygens (including phenoxy) is 2. The minimum atomic E-state index is -4.75. The van der Waals surface area contributed by atoms with Crippen molar-refractivity contribution >= 4 is 11.6 Å². The number of likely N-dealkylation sites (tertiary alicyclic amines) is 1. The molecular weight excluding hydrogens is 386 g/mol. The van der Waals surface area contributed by atoms with Gasteiger partial charge in [0.1, 0.15) is 17.3 Å². The Morgan fingerprint density at radius 3 is 2.63 bits per heavy atom. The fourth-order valence-corrected chi connectivity index (χ4v) is 3.76. The first-order chi connectivity index (χ1) is 12.8. The molecule has 27 heavy (non-hydrogen) atoms. The van der Waals surface area contributed by atoms with Crippen molar-refractivity contribution in [3.63, 3.8) is 0 Å². The molecule has 2 aromatic rings. The van der Waals surface area contributed by atoms with E-state index in [4.69, 9.17) is 16.3 Å². The highest BCUT2D eigenvalue weighted by Crippen LogP contribution is 2.41. The van der Waals surface area contributed by atoms with E-state index in [-0.39, 0.29) is 17.2 Å². The number of hydrogen-bond acceptors (Lipinski definition) is 3. The van der Waals surface area contributed by atoms with E-state index in [9.17, 15) is 17.6 Å². The predicted molar refractivity (Wildman–Crippen MR) is 93.5 cm³/mol. The van der Waals surface area contributed by atoms with Crippen molar-refractivity contribution < 1.29 is 27.0 Å². The Hall–Kier alpha value is -1.99. The molecule has 3 rings (SSSR count). The maximum Gasteiger partial charge on any atom is 0.573 e. The van der Waals surface area contributed by atoms with Crippen LogP contribution in [-0.2, 0) is 6.54 Å². The number of benzene rings is 2.